The van der Waals surface area contributed by atoms with Crippen LogP contribution in [0, 0.1) is 0 Å². The Bertz CT molecular complexity index is 3720. The fraction of sp³-hybridized carbons (Fsp3) is 0.133. The quantitative estimate of drug-likeness (QED) is 0.0661. The van der Waals surface area contributed by atoms with E-state index in [1.165, 1.54) is 0 Å². The number of imide groups is 2. The number of aliphatic hydroxyl groups is 1. The lowest BCUT2D eigenvalue weighted by Crippen LogP contribution is -2.44. The van der Waals surface area contributed by atoms with E-state index in [-0.39, 0.29) is 72.6 Å². The molecule has 0 radical (unpaired) electrons. The third-order valence-corrected chi connectivity index (χ3v) is 13.5. The monoisotopic (exact) mass is 978 g/mol. The summed E-state index contributed by atoms with van der Waals surface area (Å²) in [5, 5.41) is 9.38. The van der Waals surface area contributed by atoms with Crippen LogP contribution < -0.4 is 4.90 Å². The molecule has 4 aliphatic heterocycles. The van der Waals surface area contributed by atoms with Gasteiger partial charge in [0.15, 0.2) is 0 Å². The van der Waals surface area contributed by atoms with Crippen LogP contribution in [0.1, 0.15) is 64.2 Å². The van der Waals surface area contributed by atoms with Crippen LogP contribution in [0.4, 0.5) is 5.69 Å². The Morgan fingerprint density at radius 1 is 0.446 bits per heavy atom. The summed E-state index contributed by atoms with van der Waals surface area (Å²) in [5.74, 6) is -2.23. The van der Waals surface area contributed by atoms with Gasteiger partial charge in [-0.1, -0.05) is 72.8 Å². The first-order valence-electron chi connectivity index (χ1n) is 24.4. The van der Waals surface area contributed by atoms with E-state index in [0.717, 1.165) is 82.3 Å². The first kappa shape index (κ1) is 46.2. The fourth-order valence-electron chi connectivity index (χ4n) is 10.2. The van der Waals surface area contributed by atoms with Crippen molar-refractivity contribution in [2.45, 2.75) is 0 Å². The van der Waals surface area contributed by atoms with Gasteiger partial charge in [0.2, 0.25) is 0 Å². The van der Waals surface area contributed by atoms with Crippen molar-refractivity contribution in [3.05, 3.63) is 185 Å². The minimum atomic E-state index is -0.576. The number of benzene rings is 5. The van der Waals surface area contributed by atoms with Gasteiger partial charge in [-0.15, -0.1) is 0 Å². The van der Waals surface area contributed by atoms with Crippen LogP contribution in [-0.2, 0) is 14.2 Å². The summed E-state index contributed by atoms with van der Waals surface area (Å²) < 4.78 is 16.3. The molecule has 0 fully saturated rings. The van der Waals surface area contributed by atoms with E-state index in [2.05, 4.69) is 46.4 Å². The number of ether oxygens (including phenoxy) is 3. The molecule has 0 spiro atoms. The molecule has 14 nitrogen and oxygen atoms in total. The van der Waals surface area contributed by atoms with Gasteiger partial charge in [-0.3, -0.25) is 24.1 Å². The molecule has 7 heterocycles. The maximum atomic E-state index is 14.6. The van der Waals surface area contributed by atoms with Gasteiger partial charge in [-0.25, -0.2) is 14.9 Å². The van der Waals surface area contributed by atoms with Gasteiger partial charge in [-0.05, 0) is 108 Å². The zero-order valence-corrected chi connectivity index (χ0v) is 39.8. The second-order valence-electron chi connectivity index (χ2n) is 18.0. The van der Waals surface area contributed by atoms with E-state index in [1.54, 1.807) is 36.4 Å². The number of H-pyrrole nitrogens is 2. The molecule has 12 rings (SSSR count). The number of aromatic amines is 2. The van der Waals surface area contributed by atoms with Crippen molar-refractivity contribution in [3.8, 4) is 33.4 Å². The molecule has 74 heavy (non-hydrogen) atoms. The Morgan fingerprint density at radius 2 is 0.905 bits per heavy atom. The molecule has 3 aromatic heterocycles. The van der Waals surface area contributed by atoms with Gasteiger partial charge in [-0.2, -0.15) is 0 Å². The van der Waals surface area contributed by atoms with Crippen molar-refractivity contribution in [1.29, 1.82) is 0 Å². The second kappa shape index (κ2) is 19.6. The van der Waals surface area contributed by atoms with E-state index in [0.29, 0.717) is 24.6 Å². The Labute approximate surface area is 423 Å². The normalized spacial score (nSPS) is 13.7. The molecule has 3 N–H and O–H groups in total. The molecule has 364 valence electrons. The smallest absolute Gasteiger partial charge is 0.265 e. The highest BCUT2D eigenvalue weighted by molar-refractivity contribution is 6.39. The average Bonchev–Trinajstić information content (AvgIpc) is 4.31. The maximum Gasteiger partial charge on any atom is 0.265 e. The topological polar surface area (TPSA) is 180 Å². The van der Waals surface area contributed by atoms with Crippen LogP contribution in [-0.4, -0.2) is 106 Å². The van der Waals surface area contributed by atoms with Crippen molar-refractivity contribution >= 4 is 86.5 Å². The van der Waals surface area contributed by atoms with Crippen molar-refractivity contribution in [3.63, 3.8) is 0 Å². The van der Waals surface area contributed by atoms with Gasteiger partial charge in [0.05, 0.1) is 81.3 Å². The number of carbonyl (C=O) groups is 4. The molecule has 0 saturated carbocycles. The number of fused-ring (bicyclic) bond motifs is 8. The van der Waals surface area contributed by atoms with Gasteiger partial charge in [0.25, 0.3) is 23.6 Å². The van der Waals surface area contributed by atoms with E-state index >= 15 is 0 Å². The largest absolute Gasteiger partial charge is 0.394 e. The molecule has 4 amide bonds. The number of rotatable bonds is 15. The summed E-state index contributed by atoms with van der Waals surface area (Å²) in [7, 11) is 0. The zero-order valence-electron chi connectivity index (χ0n) is 39.8. The van der Waals surface area contributed by atoms with Gasteiger partial charge in [0, 0.05) is 71.8 Å². The number of anilines is 1. The van der Waals surface area contributed by atoms with E-state index in [9.17, 15) is 19.2 Å². The number of hydrogen-bond acceptors (Lipinski definition) is 10. The molecular weight excluding hydrogens is 933 g/mol. The van der Waals surface area contributed by atoms with Crippen LogP contribution >= 0.6 is 0 Å². The highest BCUT2D eigenvalue weighted by atomic mass is 16.5. The summed E-state index contributed by atoms with van der Waals surface area (Å²) in [6.07, 6.45) is 8.09. The Morgan fingerprint density at radius 3 is 1.46 bits per heavy atom. The van der Waals surface area contributed by atoms with Crippen LogP contribution in [0.3, 0.4) is 0 Å². The lowest BCUT2D eigenvalue weighted by Gasteiger charge is -2.32. The first-order chi connectivity index (χ1) is 36.3. The summed E-state index contributed by atoms with van der Waals surface area (Å²) in [4.78, 5) is 77.0. The standard InChI is InChI=1S/C60H46N6O8/c67-28-30-73-32-34-74-33-31-72-29-27-65-57(68)42-17-19-44-56-45(20-18-43(55(42)56)58(65)69)60(71)66(59(44)70)41-15-11-38(12-16-41)54-50-25-23-48(63-50)52(36-7-3-1-4-8-36)46-21-13-39(61-46)35-40-14-22-47(62-40)53(37-9-5-2-6-10-37)49-24-26-51(54)64-49/h1-26,35,61,64,67H,27-34H2. The van der Waals surface area contributed by atoms with Gasteiger partial charge >= 0.3 is 0 Å². The zero-order chi connectivity index (χ0) is 50.3. The summed E-state index contributed by atoms with van der Waals surface area (Å²) >= 11 is 0. The minimum Gasteiger partial charge on any atom is -0.394 e. The lowest BCUT2D eigenvalue weighted by molar-refractivity contribution is 0.00502. The van der Waals surface area contributed by atoms with Crippen LogP contribution in [0.15, 0.2) is 140 Å². The number of hydrogen-bond donors (Lipinski definition) is 3. The molecular formula is C60H46N6O8. The van der Waals surface area contributed by atoms with Crippen molar-refractivity contribution in [2.24, 2.45) is 0 Å². The molecule has 0 aliphatic carbocycles. The molecule has 0 unspecified atom stereocenters. The Hall–Kier alpha value is -8.92. The third kappa shape index (κ3) is 8.31. The number of nitrogens with one attached hydrogen (secondary N) is 2. The molecule has 0 saturated heterocycles. The number of amides is 4. The number of aliphatic hydroxyl groups excluding tert-OH is 1. The second-order valence-corrected chi connectivity index (χ2v) is 18.0. The predicted octanol–water partition coefficient (Wildman–Crippen LogP) is 10.2. The lowest BCUT2D eigenvalue weighted by atomic mass is 9.85. The highest BCUT2D eigenvalue weighted by Crippen LogP contribution is 2.41. The molecule has 5 aromatic carbocycles. The van der Waals surface area contributed by atoms with Gasteiger partial charge < -0.3 is 29.3 Å². The van der Waals surface area contributed by atoms with Crippen molar-refractivity contribution in [1.82, 2.24) is 24.8 Å². The van der Waals surface area contributed by atoms with Gasteiger partial charge in [0.1, 0.15) is 0 Å². The van der Waals surface area contributed by atoms with E-state index < -0.39 is 23.6 Å². The molecule has 0 atom stereocenters. The van der Waals surface area contributed by atoms with Crippen LogP contribution in [0.2, 0.25) is 0 Å². The van der Waals surface area contributed by atoms with E-state index in [1.807, 2.05) is 91.0 Å². The SMILES string of the molecule is O=C1c2ccc3c4c(ccc(c24)C(=O)N1CCOCCOCCOCCO)C(=O)N(c1ccc(-c2c4nc(c(-c5ccccc5)c5ccc(cc6nc(c(-c7ccccc7)c7ccc2[nH]7)C=C6)[nH]5)C=C4)cc1)C3=O. The van der Waals surface area contributed by atoms with E-state index in [4.69, 9.17) is 29.3 Å². The van der Waals surface area contributed by atoms with Crippen LogP contribution in [0.5, 0.6) is 0 Å². The van der Waals surface area contributed by atoms with Crippen molar-refractivity contribution in [2.75, 3.05) is 57.7 Å². The number of carbonyl (C=O) groups excluding carboxylic acids is 4. The number of nitrogens with zero attached hydrogens (tertiary/aromatic N) is 4. The average molecular weight is 979 g/mol. The molecule has 8 bridgehead atoms. The highest BCUT2D eigenvalue weighted by Gasteiger charge is 2.40. The molecule has 8 aromatic rings. The predicted molar refractivity (Wildman–Crippen MR) is 285 cm³/mol. The Balaban J connectivity index is 0.904. The molecule has 4 aliphatic rings. The Kier molecular flexibility index (Phi) is 12.2. The van der Waals surface area contributed by atoms with Crippen LogP contribution in [0.25, 0.3) is 90.5 Å². The maximum absolute atomic E-state index is 14.6. The molecule has 14 heteroatoms. The van der Waals surface area contributed by atoms with Crippen molar-refractivity contribution < 1.29 is 38.5 Å². The number of aromatic nitrogens is 4. The summed E-state index contributed by atoms with van der Waals surface area (Å²) in [5.41, 5.74) is 13.1. The summed E-state index contributed by atoms with van der Waals surface area (Å²) in [6.45, 7) is 1.47. The fourth-order valence-corrected chi connectivity index (χ4v) is 10.2. The first-order valence-corrected chi connectivity index (χ1v) is 24.4. The third-order valence-electron chi connectivity index (χ3n) is 13.5. The minimum absolute atomic E-state index is 0.00291. The summed E-state index contributed by atoms with van der Waals surface area (Å²) in [6, 6.07) is 44.0.